The van der Waals surface area contributed by atoms with Crippen LogP contribution in [0.15, 0.2) is 22.9 Å². The third-order valence-electron chi connectivity index (χ3n) is 3.46. The summed E-state index contributed by atoms with van der Waals surface area (Å²) < 4.78 is 14.8. The first kappa shape index (κ1) is 17.5. The van der Waals surface area contributed by atoms with Crippen LogP contribution in [0, 0.1) is 11.3 Å². The average molecular weight is 332 g/mol. The second-order valence-corrected chi connectivity index (χ2v) is 4.88. The van der Waals surface area contributed by atoms with E-state index in [0.29, 0.717) is 0 Å². The van der Waals surface area contributed by atoms with Gasteiger partial charge in [0.1, 0.15) is 6.07 Å². The summed E-state index contributed by atoms with van der Waals surface area (Å²) in [4.78, 5) is 12.7. The number of hydrogen-bond donors (Lipinski definition) is 2. The lowest BCUT2D eigenvalue weighted by atomic mass is 9.91. The molecule has 2 rings (SSSR count). The maximum Gasteiger partial charge on any atom is 0.232 e. The van der Waals surface area contributed by atoms with E-state index in [0.717, 1.165) is 0 Å². The van der Waals surface area contributed by atoms with E-state index in [4.69, 9.17) is 14.0 Å². The number of rotatable bonds is 7. The van der Waals surface area contributed by atoms with Crippen LogP contribution < -0.4 is 4.74 Å². The van der Waals surface area contributed by atoms with E-state index in [2.05, 4.69) is 5.16 Å². The summed E-state index contributed by atoms with van der Waals surface area (Å²) in [5.41, 5.74) is -0.321. The molecule has 0 aliphatic rings. The molecule has 2 aromatic rings. The number of ether oxygens (including phenoxy) is 2. The molecule has 1 aromatic heterocycles. The van der Waals surface area contributed by atoms with Crippen LogP contribution in [0.2, 0.25) is 0 Å². The largest absolute Gasteiger partial charge is 0.504 e. The van der Waals surface area contributed by atoms with Gasteiger partial charge in [-0.15, -0.1) is 0 Å². The summed E-state index contributed by atoms with van der Waals surface area (Å²) in [6.07, 6.45) is 0.150. The van der Waals surface area contributed by atoms with Gasteiger partial charge in [0.2, 0.25) is 11.5 Å². The van der Waals surface area contributed by atoms with Crippen molar-refractivity contribution in [2.24, 2.45) is 0 Å². The minimum atomic E-state index is -1.24. The number of aromatic nitrogens is 1. The number of carbonyl (C=O) groups is 1. The molecule has 1 aromatic carbocycles. The minimum absolute atomic E-state index is 0.0212. The maximum absolute atomic E-state index is 12.7. The number of phenols is 1. The van der Waals surface area contributed by atoms with Crippen molar-refractivity contribution in [1.29, 1.82) is 5.26 Å². The van der Waals surface area contributed by atoms with Crippen molar-refractivity contribution < 1.29 is 29.0 Å². The molecule has 8 nitrogen and oxygen atoms in total. The summed E-state index contributed by atoms with van der Waals surface area (Å²) in [5.74, 6) is -1.22. The van der Waals surface area contributed by atoms with Gasteiger partial charge in [-0.2, -0.15) is 5.26 Å². The van der Waals surface area contributed by atoms with Gasteiger partial charge in [-0.25, -0.2) is 0 Å². The lowest BCUT2D eigenvalue weighted by Gasteiger charge is -2.19. The van der Waals surface area contributed by atoms with E-state index >= 15 is 0 Å². The number of methoxy groups -OCH3 is 2. The van der Waals surface area contributed by atoms with Gasteiger partial charge < -0.3 is 24.2 Å². The number of aliphatic hydroxyl groups excluding tert-OH is 1. The lowest BCUT2D eigenvalue weighted by molar-refractivity contribution is 0.0961. The van der Waals surface area contributed by atoms with Crippen LogP contribution in [0.25, 0.3) is 0 Å². The molecule has 1 heterocycles. The molecule has 0 aliphatic heterocycles. The number of aliphatic hydroxyl groups is 1. The first-order chi connectivity index (χ1) is 11.5. The molecule has 0 bridgehead atoms. The lowest BCUT2D eigenvalue weighted by Crippen LogP contribution is -2.13. The van der Waals surface area contributed by atoms with Crippen LogP contribution >= 0.6 is 0 Å². The predicted octanol–water partition coefficient (Wildman–Crippen LogP) is 1.56. The van der Waals surface area contributed by atoms with E-state index in [1.165, 1.54) is 32.5 Å². The molecule has 8 heteroatoms. The normalized spacial score (nSPS) is 11.8. The Hall–Kier alpha value is -2.89. The zero-order valence-corrected chi connectivity index (χ0v) is 13.1. The van der Waals surface area contributed by atoms with Crippen LogP contribution in [0.1, 0.15) is 39.8 Å². The molecular weight excluding hydrogens is 316 g/mol. The standard InChI is InChI=1S/C16H16N2O6/c1-22-6-4-10(19)14-13(15(20)11-3-5-18-24-11)9(8-17)7-12(23-2)16(14)21/h3,5,7,10,19,21H,4,6H2,1-2H3. The smallest absolute Gasteiger partial charge is 0.232 e. The molecule has 126 valence electrons. The van der Waals surface area contributed by atoms with Crippen molar-refractivity contribution in [1.82, 2.24) is 5.16 Å². The number of aromatic hydroxyl groups is 1. The summed E-state index contributed by atoms with van der Waals surface area (Å²) in [7, 11) is 2.76. The number of nitriles is 1. The summed E-state index contributed by atoms with van der Waals surface area (Å²) >= 11 is 0. The van der Waals surface area contributed by atoms with Gasteiger partial charge >= 0.3 is 0 Å². The fraction of sp³-hybridized carbons (Fsp3) is 0.312. The molecule has 0 spiro atoms. The van der Waals surface area contributed by atoms with Crippen LogP contribution in [0.3, 0.4) is 0 Å². The number of phenolic OH excluding ortho intramolecular Hbond substituents is 1. The first-order valence-electron chi connectivity index (χ1n) is 7.01. The van der Waals surface area contributed by atoms with E-state index in [9.17, 15) is 20.3 Å². The van der Waals surface area contributed by atoms with Gasteiger partial charge in [0, 0.05) is 37.8 Å². The van der Waals surface area contributed by atoms with Crippen molar-refractivity contribution >= 4 is 5.78 Å². The Kier molecular flexibility index (Phi) is 5.52. The second kappa shape index (κ2) is 7.59. The first-order valence-corrected chi connectivity index (χ1v) is 7.01. The molecule has 1 unspecified atom stereocenters. The Balaban J connectivity index is 2.68. The van der Waals surface area contributed by atoms with E-state index < -0.39 is 17.6 Å². The Bertz CT molecular complexity index is 764. The Morgan fingerprint density at radius 1 is 1.50 bits per heavy atom. The maximum atomic E-state index is 12.7. The monoisotopic (exact) mass is 332 g/mol. The van der Waals surface area contributed by atoms with E-state index in [1.54, 1.807) is 0 Å². The summed E-state index contributed by atoms with van der Waals surface area (Å²) in [6.45, 7) is 0.190. The molecule has 0 saturated heterocycles. The Labute approximate surface area is 137 Å². The molecule has 0 amide bonds. The average Bonchev–Trinajstić information content (AvgIpc) is 3.13. The predicted molar refractivity (Wildman–Crippen MR) is 80.8 cm³/mol. The van der Waals surface area contributed by atoms with Crippen molar-refractivity contribution in [3.8, 4) is 17.6 Å². The number of benzene rings is 1. The third-order valence-corrected chi connectivity index (χ3v) is 3.46. The van der Waals surface area contributed by atoms with Gasteiger partial charge in [-0.3, -0.25) is 4.79 Å². The molecular formula is C16H16N2O6. The van der Waals surface area contributed by atoms with E-state index in [-0.39, 0.29) is 41.2 Å². The zero-order valence-electron chi connectivity index (χ0n) is 13.1. The van der Waals surface area contributed by atoms with Gasteiger partial charge in [0.25, 0.3) is 0 Å². The summed E-state index contributed by atoms with van der Waals surface area (Å²) in [5, 5.41) is 33.6. The van der Waals surface area contributed by atoms with Crippen LogP contribution in [-0.4, -0.2) is 42.0 Å². The molecule has 0 fully saturated rings. The number of ketones is 1. The molecule has 2 N–H and O–H groups in total. The number of hydrogen-bond acceptors (Lipinski definition) is 8. The Morgan fingerprint density at radius 3 is 2.79 bits per heavy atom. The van der Waals surface area contributed by atoms with Crippen LogP contribution in [0.5, 0.6) is 11.5 Å². The zero-order chi connectivity index (χ0) is 17.7. The third kappa shape index (κ3) is 3.22. The second-order valence-electron chi connectivity index (χ2n) is 4.88. The fourth-order valence-corrected chi connectivity index (χ4v) is 2.31. The van der Waals surface area contributed by atoms with Crippen molar-refractivity contribution in [3.05, 3.63) is 40.8 Å². The quantitative estimate of drug-likeness (QED) is 0.732. The van der Waals surface area contributed by atoms with Gasteiger partial charge in [0.15, 0.2) is 11.5 Å². The highest BCUT2D eigenvalue weighted by Crippen LogP contribution is 2.40. The number of nitrogens with zero attached hydrogens (tertiary/aromatic N) is 2. The molecule has 0 saturated carbocycles. The molecule has 1 atom stereocenters. The molecule has 24 heavy (non-hydrogen) atoms. The molecule has 0 aliphatic carbocycles. The van der Waals surface area contributed by atoms with Crippen LogP contribution in [-0.2, 0) is 4.74 Å². The SMILES string of the molecule is COCCC(O)c1c(O)c(OC)cc(C#N)c1C(=O)c1ccno1. The van der Waals surface area contributed by atoms with Crippen molar-refractivity contribution in [2.75, 3.05) is 20.8 Å². The van der Waals surface area contributed by atoms with Crippen molar-refractivity contribution in [3.63, 3.8) is 0 Å². The summed E-state index contributed by atoms with van der Waals surface area (Å²) in [6, 6.07) is 4.43. The Morgan fingerprint density at radius 2 is 2.25 bits per heavy atom. The van der Waals surface area contributed by atoms with Gasteiger partial charge in [-0.05, 0) is 0 Å². The fourth-order valence-electron chi connectivity index (χ4n) is 2.31. The van der Waals surface area contributed by atoms with Gasteiger partial charge in [0.05, 0.1) is 30.5 Å². The highest BCUT2D eigenvalue weighted by molar-refractivity contribution is 6.10. The van der Waals surface area contributed by atoms with Gasteiger partial charge in [-0.1, -0.05) is 5.16 Å². The minimum Gasteiger partial charge on any atom is -0.504 e. The highest BCUT2D eigenvalue weighted by atomic mass is 16.5. The number of carbonyl (C=O) groups excluding carboxylic acids is 1. The highest BCUT2D eigenvalue weighted by Gasteiger charge is 2.29. The van der Waals surface area contributed by atoms with E-state index in [1.807, 2.05) is 6.07 Å². The van der Waals surface area contributed by atoms with Crippen LogP contribution in [0.4, 0.5) is 0 Å². The topological polar surface area (TPSA) is 126 Å². The molecule has 0 radical (unpaired) electrons. The van der Waals surface area contributed by atoms with Crippen molar-refractivity contribution in [2.45, 2.75) is 12.5 Å².